The van der Waals surface area contributed by atoms with Crippen molar-refractivity contribution in [1.29, 1.82) is 0 Å². The summed E-state index contributed by atoms with van der Waals surface area (Å²) < 4.78 is 0. The molecule has 2 N–H and O–H groups in total. The molecule has 5 heteroatoms. The molecule has 4 nitrogen and oxygen atoms in total. The van der Waals surface area contributed by atoms with Crippen LogP contribution in [0.25, 0.3) is 0 Å². The van der Waals surface area contributed by atoms with Gasteiger partial charge in [0.2, 0.25) is 5.91 Å². The number of hydrogen-bond donors (Lipinski definition) is 2. The van der Waals surface area contributed by atoms with E-state index in [1.807, 2.05) is 12.1 Å². The van der Waals surface area contributed by atoms with Crippen molar-refractivity contribution in [1.82, 2.24) is 4.98 Å². The van der Waals surface area contributed by atoms with Gasteiger partial charge in [-0.1, -0.05) is 12.1 Å². The Morgan fingerprint density at radius 2 is 1.84 bits per heavy atom. The third-order valence-electron chi connectivity index (χ3n) is 2.44. The Hall–Kier alpha value is -1.85. The van der Waals surface area contributed by atoms with Crippen molar-refractivity contribution in [2.45, 2.75) is 11.5 Å². The SMILES string of the molecule is O=C(CSc1ccncc1)Nc1ccc(CO)cc1. The number of carbonyl (C=O) groups is 1. The van der Waals surface area contributed by atoms with E-state index < -0.39 is 0 Å². The number of aliphatic hydroxyl groups excluding tert-OH is 1. The highest BCUT2D eigenvalue weighted by Crippen LogP contribution is 2.17. The molecule has 0 aliphatic heterocycles. The quantitative estimate of drug-likeness (QED) is 0.821. The summed E-state index contributed by atoms with van der Waals surface area (Å²) in [5.41, 5.74) is 1.56. The number of rotatable bonds is 5. The van der Waals surface area contributed by atoms with Crippen LogP contribution in [0.15, 0.2) is 53.7 Å². The summed E-state index contributed by atoms with van der Waals surface area (Å²) in [5.74, 6) is 0.296. The number of pyridine rings is 1. The van der Waals surface area contributed by atoms with Gasteiger partial charge in [0.15, 0.2) is 0 Å². The summed E-state index contributed by atoms with van der Waals surface area (Å²) in [6.45, 7) is 0.00607. The van der Waals surface area contributed by atoms with E-state index >= 15 is 0 Å². The number of hydrogen-bond acceptors (Lipinski definition) is 4. The van der Waals surface area contributed by atoms with Gasteiger partial charge in [-0.3, -0.25) is 9.78 Å². The van der Waals surface area contributed by atoms with E-state index in [-0.39, 0.29) is 12.5 Å². The number of carbonyl (C=O) groups excluding carboxylic acids is 1. The second-order valence-corrected chi connectivity index (χ2v) is 4.92. The van der Waals surface area contributed by atoms with E-state index in [2.05, 4.69) is 10.3 Å². The standard InChI is InChI=1S/C14H14N2O2S/c17-9-11-1-3-12(4-2-11)16-14(18)10-19-13-5-7-15-8-6-13/h1-8,17H,9-10H2,(H,16,18). The minimum Gasteiger partial charge on any atom is -0.392 e. The molecule has 0 fully saturated rings. The lowest BCUT2D eigenvalue weighted by molar-refractivity contribution is -0.113. The molecule has 0 unspecified atom stereocenters. The number of benzene rings is 1. The summed E-state index contributed by atoms with van der Waals surface area (Å²) in [5, 5.41) is 11.7. The minimum atomic E-state index is -0.0569. The fourth-order valence-corrected chi connectivity index (χ4v) is 2.16. The van der Waals surface area contributed by atoms with Crippen molar-refractivity contribution >= 4 is 23.4 Å². The minimum absolute atomic E-state index is 0.00607. The van der Waals surface area contributed by atoms with Crippen LogP contribution in [0.3, 0.4) is 0 Å². The van der Waals surface area contributed by atoms with E-state index in [4.69, 9.17) is 5.11 Å². The van der Waals surface area contributed by atoms with Crippen molar-refractivity contribution in [3.63, 3.8) is 0 Å². The average Bonchev–Trinajstić information content (AvgIpc) is 2.47. The van der Waals surface area contributed by atoms with Crippen LogP contribution < -0.4 is 5.32 Å². The molecule has 2 aromatic rings. The van der Waals surface area contributed by atoms with Gasteiger partial charge in [0.25, 0.3) is 0 Å². The molecule has 0 bridgehead atoms. The fraction of sp³-hybridized carbons (Fsp3) is 0.143. The molecular weight excluding hydrogens is 260 g/mol. The fourth-order valence-electron chi connectivity index (χ4n) is 1.47. The van der Waals surface area contributed by atoms with E-state index in [9.17, 15) is 4.79 Å². The van der Waals surface area contributed by atoms with Gasteiger partial charge in [-0.2, -0.15) is 0 Å². The second kappa shape index (κ2) is 6.92. The molecule has 1 heterocycles. The molecule has 1 aromatic heterocycles. The number of aliphatic hydroxyl groups is 1. The smallest absolute Gasteiger partial charge is 0.234 e. The van der Waals surface area contributed by atoms with Gasteiger partial charge < -0.3 is 10.4 Å². The first-order chi connectivity index (χ1) is 9.28. The largest absolute Gasteiger partial charge is 0.392 e. The van der Waals surface area contributed by atoms with Crippen molar-refractivity contribution in [2.75, 3.05) is 11.1 Å². The molecule has 0 radical (unpaired) electrons. The van der Waals surface area contributed by atoms with Crippen LogP contribution in [0.2, 0.25) is 0 Å². The number of thioether (sulfide) groups is 1. The van der Waals surface area contributed by atoms with E-state index in [1.165, 1.54) is 11.8 Å². The van der Waals surface area contributed by atoms with Crippen LogP contribution >= 0.6 is 11.8 Å². The van der Waals surface area contributed by atoms with E-state index in [0.29, 0.717) is 5.75 Å². The van der Waals surface area contributed by atoms with Crippen LogP contribution in [0.1, 0.15) is 5.56 Å². The lowest BCUT2D eigenvalue weighted by Crippen LogP contribution is -2.13. The maximum Gasteiger partial charge on any atom is 0.234 e. The molecule has 0 saturated heterocycles. The first kappa shape index (κ1) is 13.6. The van der Waals surface area contributed by atoms with E-state index in [1.54, 1.807) is 36.7 Å². The van der Waals surface area contributed by atoms with Gasteiger partial charge in [0.1, 0.15) is 0 Å². The molecular formula is C14H14N2O2S. The molecule has 0 saturated carbocycles. The number of nitrogens with zero attached hydrogens (tertiary/aromatic N) is 1. The molecule has 0 atom stereocenters. The predicted octanol–water partition coefficient (Wildman–Crippen LogP) is 2.30. The first-order valence-corrected chi connectivity index (χ1v) is 6.79. The Kier molecular flexibility index (Phi) is 4.94. The monoisotopic (exact) mass is 274 g/mol. The zero-order valence-corrected chi connectivity index (χ0v) is 11.1. The van der Waals surface area contributed by atoms with Gasteiger partial charge in [-0.25, -0.2) is 0 Å². The van der Waals surface area contributed by atoms with Crippen molar-refractivity contribution < 1.29 is 9.90 Å². The lowest BCUT2D eigenvalue weighted by atomic mass is 10.2. The number of aromatic nitrogens is 1. The van der Waals surface area contributed by atoms with Crippen LogP contribution in [-0.4, -0.2) is 21.8 Å². The summed E-state index contributed by atoms with van der Waals surface area (Å²) in [6.07, 6.45) is 3.40. The Morgan fingerprint density at radius 3 is 2.47 bits per heavy atom. The predicted molar refractivity (Wildman–Crippen MR) is 76.0 cm³/mol. The van der Waals surface area contributed by atoms with Gasteiger partial charge in [-0.15, -0.1) is 11.8 Å². The van der Waals surface area contributed by atoms with Crippen LogP contribution in [0.5, 0.6) is 0 Å². The Balaban J connectivity index is 1.83. The molecule has 19 heavy (non-hydrogen) atoms. The highest BCUT2D eigenvalue weighted by atomic mass is 32.2. The van der Waals surface area contributed by atoms with Gasteiger partial charge in [0, 0.05) is 23.0 Å². The molecule has 1 aromatic carbocycles. The van der Waals surface area contributed by atoms with Crippen LogP contribution in [0.4, 0.5) is 5.69 Å². The van der Waals surface area contributed by atoms with Crippen molar-refractivity contribution in [3.8, 4) is 0 Å². The lowest BCUT2D eigenvalue weighted by Gasteiger charge is -2.05. The van der Waals surface area contributed by atoms with Crippen molar-refractivity contribution in [2.24, 2.45) is 0 Å². The maximum atomic E-state index is 11.7. The van der Waals surface area contributed by atoms with Gasteiger partial charge in [-0.05, 0) is 29.8 Å². The number of amides is 1. The Labute approximate surface area is 115 Å². The summed E-state index contributed by atoms with van der Waals surface area (Å²) in [6, 6.07) is 10.9. The zero-order valence-electron chi connectivity index (χ0n) is 10.2. The highest BCUT2D eigenvalue weighted by molar-refractivity contribution is 8.00. The Bertz CT molecular complexity index is 529. The molecule has 98 valence electrons. The molecule has 0 spiro atoms. The third kappa shape index (κ3) is 4.39. The summed E-state index contributed by atoms with van der Waals surface area (Å²) in [7, 11) is 0. The van der Waals surface area contributed by atoms with Crippen molar-refractivity contribution in [3.05, 3.63) is 54.4 Å². The van der Waals surface area contributed by atoms with Crippen LogP contribution in [0, 0.1) is 0 Å². The third-order valence-corrected chi connectivity index (χ3v) is 3.45. The van der Waals surface area contributed by atoms with E-state index in [0.717, 1.165) is 16.1 Å². The maximum absolute atomic E-state index is 11.7. The average molecular weight is 274 g/mol. The first-order valence-electron chi connectivity index (χ1n) is 5.80. The van der Waals surface area contributed by atoms with Crippen LogP contribution in [-0.2, 0) is 11.4 Å². The number of nitrogens with one attached hydrogen (secondary N) is 1. The molecule has 0 aliphatic carbocycles. The zero-order chi connectivity index (χ0) is 13.5. The Morgan fingerprint density at radius 1 is 1.16 bits per heavy atom. The highest BCUT2D eigenvalue weighted by Gasteiger charge is 2.03. The topological polar surface area (TPSA) is 62.2 Å². The second-order valence-electron chi connectivity index (χ2n) is 3.87. The molecule has 2 rings (SSSR count). The van der Waals surface area contributed by atoms with Gasteiger partial charge >= 0.3 is 0 Å². The normalized spacial score (nSPS) is 10.2. The summed E-state index contributed by atoms with van der Waals surface area (Å²) >= 11 is 1.46. The van der Waals surface area contributed by atoms with Gasteiger partial charge in [0.05, 0.1) is 12.4 Å². The number of anilines is 1. The summed E-state index contributed by atoms with van der Waals surface area (Å²) in [4.78, 5) is 16.7. The molecule has 1 amide bonds. The molecule has 0 aliphatic rings.